The highest BCUT2D eigenvalue weighted by molar-refractivity contribution is 7.14. The number of ether oxygens (including phenoxy) is 1. The van der Waals surface area contributed by atoms with Gasteiger partial charge in [-0.15, -0.1) is 11.3 Å². The highest BCUT2D eigenvalue weighted by Crippen LogP contribution is 2.27. The van der Waals surface area contributed by atoms with Gasteiger partial charge in [-0.1, -0.05) is 0 Å². The van der Waals surface area contributed by atoms with Crippen LogP contribution >= 0.6 is 11.3 Å². The second-order valence-corrected chi connectivity index (χ2v) is 6.01. The number of thiophene rings is 1. The number of carboxylic acid groups (broad SMARTS) is 1. The van der Waals surface area contributed by atoms with Gasteiger partial charge in [-0.2, -0.15) is 0 Å². The molecule has 5 nitrogen and oxygen atoms in total. The SMILES string of the molecule is COC1CC(C(=O)O)N(C(=O)c2cc(C)c(C)s2)C1. The van der Waals surface area contributed by atoms with E-state index in [0.29, 0.717) is 17.8 Å². The second-order valence-electron chi connectivity index (χ2n) is 4.75. The van der Waals surface area contributed by atoms with Gasteiger partial charge in [0.15, 0.2) is 0 Å². The first-order chi connectivity index (χ1) is 8.93. The first-order valence-corrected chi connectivity index (χ1v) is 6.89. The van der Waals surface area contributed by atoms with Gasteiger partial charge in [0, 0.05) is 25.0 Å². The molecule has 6 heteroatoms. The lowest BCUT2D eigenvalue weighted by molar-refractivity contribution is -0.141. The van der Waals surface area contributed by atoms with Crippen LogP contribution in [0, 0.1) is 13.8 Å². The van der Waals surface area contributed by atoms with Crippen LogP contribution in [0.15, 0.2) is 6.07 Å². The molecule has 2 unspecified atom stereocenters. The standard InChI is InChI=1S/C13H17NO4S/c1-7-4-11(19-8(7)2)12(15)14-6-9(18-3)5-10(14)13(16)17/h4,9-10H,5-6H2,1-3H3,(H,16,17). The van der Waals surface area contributed by atoms with Gasteiger partial charge in [0.1, 0.15) is 6.04 Å². The molecule has 0 aliphatic carbocycles. The van der Waals surface area contributed by atoms with Gasteiger partial charge in [-0.25, -0.2) is 4.79 Å². The lowest BCUT2D eigenvalue weighted by Crippen LogP contribution is -2.40. The maximum Gasteiger partial charge on any atom is 0.326 e. The van der Waals surface area contributed by atoms with E-state index in [1.54, 1.807) is 0 Å². The zero-order valence-electron chi connectivity index (χ0n) is 11.2. The van der Waals surface area contributed by atoms with Crippen LogP contribution in [0.3, 0.4) is 0 Å². The predicted molar refractivity (Wildman–Crippen MR) is 71.7 cm³/mol. The van der Waals surface area contributed by atoms with E-state index in [1.165, 1.54) is 23.3 Å². The molecule has 0 radical (unpaired) electrons. The van der Waals surface area contributed by atoms with E-state index in [2.05, 4.69) is 0 Å². The van der Waals surface area contributed by atoms with Crippen LogP contribution < -0.4 is 0 Å². The van der Waals surface area contributed by atoms with Gasteiger partial charge in [0.05, 0.1) is 11.0 Å². The Morgan fingerprint density at radius 1 is 1.47 bits per heavy atom. The Morgan fingerprint density at radius 2 is 2.16 bits per heavy atom. The van der Waals surface area contributed by atoms with E-state index < -0.39 is 12.0 Å². The summed E-state index contributed by atoms with van der Waals surface area (Å²) in [7, 11) is 1.54. The third-order valence-corrected chi connectivity index (χ3v) is 4.66. The van der Waals surface area contributed by atoms with Crippen molar-refractivity contribution in [1.82, 2.24) is 4.90 Å². The minimum absolute atomic E-state index is 0.202. The number of hydrogen-bond donors (Lipinski definition) is 1. The first-order valence-electron chi connectivity index (χ1n) is 6.07. The zero-order chi connectivity index (χ0) is 14.2. The van der Waals surface area contributed by atoms with Crippen LogP contribution in [0.4, 0.5) is 0 Å². The van der Waals surface area contributed by atoms with Crippen LogP contribution in [0.2, 0.25) is 0 Å². The largest absolute Gasteiger partial charge is 0.480 e. The summed E-state index contributed by atoms with van der Waals surface area (Å²) in [6.45, 7) is 4.23. The number of carbonyl (C=O) groups excluding carboxylic acids is 1. The Bertz CT molecular complexity index is 491. The van der Waals surface area contributed by atoms with Gasteiger partial charge >= 0.3 is 5.97 Å². The molecule has 2 heterocycles. The summed E-state index contributed by atoms with van der Waals surface area (Å²) >= 11 is 1.41. The maximum absolute atomic E-state index is 12.4. The van der Waals surface area contributed by atoms with E-state index in [1.807, 2.05) is 19.9 Å². The highest BCUT2D eigenvalue weighted by Gasteiger charge is 2.40. The van der Waals surface area contributed by atoms with Crippen LogP contribution in [-0.4, -0.2) is 47.7 Å². The molecule has 0 aromatic carbocycles. The van der Waals surface area contributed by atoms with Crippen molar-refractivity contribution in [1.29, 1.82) is 0 Å². The molecule has 19 heavy (non-hydrogen) atoms. The maximum atomic E-state index is 12.4. The Kier molecular flexibility index (Phi) is 3.91. The fourth-order valence-corrected chi connectivity index (χ4v) is 3.24. The number of aryl methyl sites for hydroxylation is 2. The summed E-state index contributed by atoms with van der Waals surface area (Å²) in [5.74, 6) is -1.19. The van der Waals surface area contributed by atoms with Crippen molar-refractivity contribution in [3.05, 3.63) is 21.4 Å². The van der Waals surface area contributed by atoms with Gasteiger partial charge in [-0.3, -0.25) is 4.79 Å². The molecular formula is C13H17NO4S. The average molecular weight is 283 g/mol. The van der Waals surface area contributed by atoms with Crippen molar-refractivity contribution in [2.75, 3.05) is 13.7 Å². The van der Waals surface area contributed by atoms with Gasteiger partial charge in [-0.05, 0) is 25.5 Å². The molecule has 104 valence electrons. The molecule has 1 aromatic rings. The number of methoxy groups -OCH3 is 1. The van der Waals surface area contributed by atoms with Crippen LogP contribution in [0.5, 0.6) is 0 Å². The summed E-state index contributed by atoms with van der Waals surface area (Å²) < 4.78 is 5.18. The molecule has 1 fully saturated rings. The smallest absolute Gasteiger partial charge is 0.326 e. The number of carbonyl (C=O) groups is 2. The molecule has 0 spiro atoms. The van der Waals surface area contributed by atoms with Crippen molar-refractivity contribution in [3.63, 3.8) is 0 Å². The number of aliphatic carboxylic acids is 1. The molecule has 2 rings (SSSR count). The fourth-order valence-electron chi connectivity index (χ4n) is 2.25. The molecule has 0 saturated carbocycles. The topological polar surface area (TPSA) is 66.8 Å². The third kappa shape index (κ3) is 2.64. The number of carboxylic acids is 1. The lowest BCUT2D eigenvalue weighted by Gasteiger charge is -2.20. The van der Waals surface area contributed by atoms with Crippen molar-refractivity contribution >= 4 is 23.2 Å². The Labute approximate surface area is 115 Å². The Morgan fingerprint density at radius 3 is 2.63 bits per heavy atom. The number of nitrogens with zero attached hydrogens (tertiary/aromatic N) is 1. The summed E-state index contributed by atoms with van der Waals surface area (Å²) in [5.41, 5.74) is 1.06. The molecule has 1 N–H and O–H groups in total. The summed E-state index contributed by atoms with van der Waals surface area (Å²) in [6.07, 6.45) is 0.146. The van der Waals surface area contributed by atoms with Crippen molar-refractivity contribution < 1.29 is 19.4 Å². The minimum Gasteiger partial charge on any atom is -0.480 e. The average Bonchev–Trinajstić information content (AvgIpc) is 2.93. The van der Waals surface area contributed by atoms with E-state index in [9.17, 15) is 14.7 Å². The lowest BCUT2D eigenvalue weighted by atomic mass is 10.2. The molecule has 1 aliphatic heterocycles. The minimum atomic E-state index is -0.974. The summed E-state index contributed by atoms with van der Waals surface area (Å²) in [6, 6.07) is 1.03. The quantitative estimate of drug-likeness (QED) is 0.916. The van der Waals surface area contributed by atoms with Crippen molar-refractivity contribution in [2.24, 2.45) is 0 Å². The molecule has 2 atom stereocenters. The molecule has 1 amide bonds. The molecule has 1 saturated heterocycles. The molecular weight excluding hydrogens is 266 g/mol. The van der Waals surface area contributed by atoms with Crippen LogP contribution in [-0.2, 0) is 9.53 Å². The number of rotatable bonds is 3. The fraction of sp³-hybridized carbons (Fsp3) is 0.538. The van der Waals surface area contributed by atoms with E-state index in [-0.39, 0.29) is 12.0 Å². The first kappa shape index (κ1) is 14.0. The van der Waals surface area contributed by atoms with E-state index >= 15 is 0 Å². The summed E-state index contributed by atoms with van der Waals surface area (Å²) in [5, 5.41) is 9.21. The van der Waals surface area contributed by atoms with E-state index in [4.69, 9.17) is 4.74 Å². The Hall–Kier alpha value is -1.40. The predicted octanol–water partition coefficient (Wildman–Crippen LogP) is 1.68. The number of amides is 1. The van der Waals surface area contributed by atoms with Crippen molar-refractivity contribution in [2.45, 2.75) is 32.4 Å². The van der Waals surface area contributed by atoms with Gasteiger partial charge in [0.25, 0.3) is 5.91 Å². The van der Waals surface area contributed by atoms with E-state index in [0.717, 1.165) is 10.4 Å². The normalized spacial score (nSPS) is 22.8. The summed E-state index contributed by atoms with van der Waals surface area (Å²) in [4.78, 5) is 26.7. The zero-order valence-corrected chi connectivity index (χ0v) is 12.0. The monoisotopic (exact) mass is 283 g/mol. The van der Waals surface area contributed by atoms with Gasteiger partial charge in [0.2, 0.25) is 0 Å². The molecule has 1 aliphatic rings. The van der Waals surface area contributed by atoms with Crippen LogP contribution in [0.25, 0.3) is 0 Å². The third-order valence-electron chi connectivity index (χ3n) is 3.52. The molecule has 0 bridgehead atoms. The van der Waals surface area contributed by atoms with Crippen LogP contribution in [0.1, 0.15) is 26.5 Å². The molecule has 1 aromatic heterocycles. The van der Waals surface area contributed by atoms with Crippen molar-refractivity contribution in [3.8, 4) is 0 Å². The number of hydrogen-bond acceptors (Lipinski definition) is 4. The highest BCUT2D eigenvalue weighted by atomic mass is 32.1. The second kappa shape index (κ2) is 5.30. The van der Waals surface area contributed by atoms with Gasteiger partial charge < -0.3 is 14.7 Å². The Balaban J connectivity index is 2.23. The number of likely N-dealkylation sites (tertiary alicyclic amines) is 1.